The van der Waals surface area contributed by atoms with Crippen molar-refractivity contribution in [2.24, 2.45) is 4.99 Å². The van der Waals surface area contributed by atoms with E-state index in [1.165, 1.54) is 0 Å². The molecule has 2 rings (SSSR count). The molecule has 0 aromatic heterocycles. The lowest BCUT2D eigenvalue weighted by atomic mass is 10.1. The van der Waals surface area contributed by atoms with E-state index in [9.17, 15) is 10.1 Å². The number of non-ortho nitro benzene ring substituents is 1. The summed E-state index contributed by atoms with van der Waals surface area (Å²) in [6.45, 7) is 3.96. The van der Waals surface area contributed by atoms with E-state index in [0.29, 0.717) is 4.48 Å². The first-order valence-electron chi connectivity index (χ1n) is 6.47. The van der Waals surface area contributed by atoms with Crippen molar-refractivity contribution >= 4 is 12.0 Å². The van der Waals surface area contributed by atoms with Gasteiger partial charge in [-0.3, -0.25) is 10.1 Å². The fourth-order valence-corrected chi connectivity index (χ4v) is 2.20. The Kier molecular flexibility index (Phi) is 4.06. The van der Waals surface area contributed by atoms with E-state index in [2.05, 4.69) is 18.1 Å². The third kappa shape index (κ3) is 3.26. The Labute approximate surface area is 112 Å². The first-order chi connectivity index (χ1) is 9.15. The average molecular weight is 260 g/mol. The molecule has 5 heteroatoms. The van der Waals surface area contributed by atoms with Crippen LogP contribution < -0.4 is 0 Å². The van der Waals surface area contributed by atoms with E-state index >= 15 is 0 Å². The Morgan fingerprint density at radius 1 is 1.32 bits per heavy atom. The molecule has 1 unspecified atom stereocenters. The molecule has 0 spiro atoms. The smallest absolute Gasteiger partial charge is 0.258 e. The van der Waals surface area contributed by atoms with E-state index in [4.69, 9.17) is 0 Å². The standard InChI is InChI=1S/C14H18N3O2/c1-2-3-9-17(10-8-15-12-17)11-13-4-6-14(7-5-13)16(18)19/h4-8,10,12H,2-3,9,11H2,1H3/q+1. The van der Waals surface area contributed by atoms with Gasteiger partial charge in [-0.25, -0.2) is 9.48 Å². The van der Waals surface area contributed by atoms with Crippen LogP contribution in [0.3, 0.4) is 0 Å². The lowest BCUT2D eigenvalue weighted by Gasteiger charge is -2.27. The van der Waals surface area contributed by atoms with Crippen LogP contribution in [0, 0.1) is 10.1 Å². The molecule has 0 aliphatic carbocycles. The van der Waals surface area contributed by atoms with Crippen molar-refractivity contribution in [2.75, 3.05) is 6.54 Å². The average Bonchev–Trinajstić information content (AvgIpc) is 2.86. The number of hydrogen-bond donors (Lipinski definition) is 0. The number of nitrogens with zero attached hydrogens (tertiary/aromatic N) is 3. The second kappa shape index (κ2) is 5.75. The zero-order valence-corrected chi connectivity index (χ0v) is 11.0. The maximum absolute atomic E-state index is 10.6. The Balaban J connectivity index is 2.11. The van der Waals surface area contributed by atoms with Gasteiger partial charge in [0.1, 0.15) is 12.7 Å². The summed E-state index contributed by atoms with van der Waals surface area (Å²) in [6, 6.07) is 6.76. The number of aliphatic imine (C=N–C) groups is 1. The Morgan fingerprint density at radius 2 is 2.05 bits per heavy atom. The van der Waals surface area contributed by atoms with Crippen LogP contribution in [0.5, 0.6) is 0 Å². The predicted octanol–water partition coefficient (Wildman–Crippen LogP) is 3.22. The lowest BCUT2D eigenvalue weighted by Crippen LogP contribution is -2.39. The van der Waals surface area contributed by atoms with Crippen molar-refractivity contribution in [3.8, 4) is 0 Å². The van der Waals surface area contributed by atoms with Gasteiger partial charge < -0.3 is 0 Å². The third-order valence-electron chi connectivity index (χ3n) is 3.30. The van der Waals surface area contributed by atoms with Crippen LogP contribution in [0.25, 0.3) is 0 Å². The number of quaternary nitrogens is 1. The molecule has 1 atom stereocenters. The highest BCUT2D eigenvalue weighted by molar-refractivity contribution is 5.51. The normalized spacial score (nSPS) is 20.9. The van der Waals surface area contributed by atoms with Crippen LogP contribution in [-0.4, -0.2) is 22.3 Å². The molecule has 0 radical (unpaired) electrons. The summed E-state index contributed by atoms with van der Waals surface area (Å²) < 4.78 is 0.700. The van der Waals surface area contributed by atoms with Gasteiger partial charge in [0.2, 0.25) is 0 Å². The summed E-state index contributed by atoms with van der Waals surface area (Å²) in [4.78, 5) is 14.4. The third-order valence-corrected chi connectivity index (χ3v) is 3.30. The maximum Gasteiger partial charge on any atom is 0.269 e. The van der Waals surface area contributed by atoms with Gasteiger partial charge in [-0.15, -0.1) is 0 Å². The molecule has 1 aliphatic rings. The Morgan fingerprint density at radius 3 is 2.58 bits per heavy atom. The first kappa shape index (κ1) is 13.4. The van der Waals surface area contributed by atoms with Gasteiger partial charge in [0, 0.05) is 17.7 Å². The SMILES string of the molecule is CCCC[N+]1(Cc2ccc([N+](=O)[O-])cc2)C=CN=C1. The number of rotatable bonds is 6. The summed E-state index contributed by atoms with van der Waals surface area (Å²) in [5.74, 6) is 0. The predicted molar refractivity (Wildman–Crippen MR) is 74.5 cm³/mol. The molecule has 0 saturated carbocycles. The van der Waals surface area contributed by atoms with Gasteiger partial charge in [0.25, 0.3) is 5.69 Å². The minimum atomic E-state index is -0.373. The monoisotopic (exact) mass is 260 g/mol. The van der Waals surface area contributed by atoms with E-state index in [1.54, 1.807) is 12.1 Å². The van der Waals surface area contributed by atoms with Gasteiger partial charge >= 0.3 is 0 Å². The van der Waals surface area contributed by atoms with Crippen molar-refractivity contribution in [3.63, 3.8) is 0 Å². The molecule has 0 amide bonds. The molecule has 0 bridgehead atoms. The van der Waals surface area contributed by atoms with Crippen LogP contribution in [0.4, 0.5) is 5.69 Å². The molecule has 19 heavy (non-hydrogen) atoms. The quantitative estimate of drug-likeness (QED) is 0.448. The summed E-state index contributed by atoms with van der Waals surface area (Å²) >= 11 is 0. The van der Waals surface area contributed by atoms with E-state index in [1.807, 2.05) is 24.7 Å². The fourth-order valence-electron chi connectivity index (χ4n) is 2.20. The molecule has 100 valence electrons. The van der Waals surface area contributed by atoms with Crippen LogP contribution in [0.1, 0.15) is 25.3 Å². The van der Waals surface area contributed by atoms with E-state index < -0.39 is 0 Å². The van der Waals surface area contributed by atoms with Gasteiger partial charge in [-0.1, -0.05) is 13.3 Å². The highest BCUT2D eigenvalue weighted by Gasteiger charge is 2.26. The molecular weight excluding hydrogens is 242 g/mol. The summed E-state index contributed by atoms with van der Waals surface area (Å²) in [5, 5.41) is 10.6. The molecule has 1 aromatic carbocycles. The molecular formula is C14H18N3O2+. The second-order valence-electron chi connectivity index (χ2n) is 4.82. The molecule has 0 saturated heterocycles. The number of benzene rings is 1. The molecule has 1 aromatic rings. The van der Waals surface area contributed by atoms with Crippen LogP contribution in [-0.2, 0) is 6.54 Å². The van der Waals surface area contributed by atoms with Crippen molar-refractivity contribution in [3.05, 3.63) is 52.3 Å². The maximum atomic E-state index is 10.6. The van der Waals surface area contributed by atoms with Crippen molar-refractivity contribution < 1.29 is 9.41 Å². The van der Waals surface area contributed by atoms with Crippen LogP contribution in [0.2, 0.25) is 0 Å². The van der Waals surface area contributed by atoms with Crippen molar-refractivity contribution in [1.29, 1.82) is 0 Å². The largest absolute Gasteiger partial charge is 0.269 e. The van der Waals surface area contributed by atoms with Crippen LogP contribution in [0.15, 0.2) is 41.7 Å². The number of hydrogen-bond acceptors (Lipinski definition) is 3. The van der Waals surface area contributed by atoms with Gasteiger partial charge in [-0.05, 0) is 18.6 Å². The van der Waals surface area contributed by atoms with Crippen LogP contribution >= 0.6 is 0 Å². The van der Waals surface area contributed by atoms with Gasteiger partial charge in [0.15, 0.2) is 6.34 Å². The van der Waals surface area contributed by atoms with Crippen molar-refractivity contribution in [1.82, 2.24) is 0 Å². The minimum Gasteiger partial charge on any atom is -0.258 e. The van der Waals surface area contributed by atoms with E-state index in [-0.39, 0.29) is 10.6 Å². The molecule has 0 N–H and O–H groups in total. The first-order valence-corrected chi connectivity index (χ1v) is 6.47. The molecule has 1 aliphatic heterocycles. The fraction of sp³-hybridized carbons (Fsp3) is 0.357. The zero-order chi connectivity index (χ0) is 13.7. The highest BCUT2D eigenvalue weighted by Crippen LogP contribution is 2.20. The Bertz CT molecular complexity index is 494. The molecule has 1 heterocycles. The van der Waals surface area contributed by atoms with Gasteiger partial charge in [-0.2, -0.15) is 0 Å². The number of nitro groups is 1. The van der Waals surface area contributed by atoms with E-state index in [0.717, 1.165) is 31.5 Å². The van der Waals surface area contributed by atoms with Crippen molar-refractivity contribution in [2.45, 2.75) is 26.3 Å². The van der Waals surface area contributed by atoms with Gasteiger partial charge in [0.05, 0.1) is 17.7 Å². The molecule has 5 nitrogen and oxygen atoms in total. The molecule has 0 fully saturated rings. The topological polar surface area (TPSA) is 55.5 Å². The zero-order valence-electron chi connectivity index (χ0n) is 11.0. The summed E-state index contributed by atoms with van der Waals surface area (Å²) in [7, 11) is 0. The second-order valence-corrected chi connectivity index (χ2v) is 4.82. The lowest BCUT2D eigenvalue weighted by molar-refractivity contribution is -0.794. The minimum absolute atomic E-state index is 0.134. The highest BCUT2D eigenvalue weighted by atomic mass is 16.6. The number of nitro benzene ring substituents is 1. The summed E-state index contributed by atoms with van der Waals surface area (Å²) in [6.07, 6.45) is 8.11. The summed E-state index contributed by atoms with van der Waals surface area (Å²) in [5.41, 5.74) is 1.22. The Hall–Kier alpha value is -2.01. The number of unbranched alkanes of at least 4 members (excludes halogenated alkanes) is 1.